The second-order valence-electron chi connectivity index (χ2n) is 4.90. The minimum Gasteiger partial charge on any atom is -0.382 e. The minimum absolute atomic E-state index is 0.152. The molecule has 1 saturated carbocycles. The Kier molecular flexibility index (Phi) is 2.43. The van der Waals surface area contributed by atoms with E-state index in [9.17, 15) is 4.39 Å². The first-order chi connectivity index (χ1) is 7.83. The van der Waals surface area contributed by atoms with E-state index >= 15 is 0 Å². The monoisotopic (exact) mass is 217 g/mol. The summed E-state index contributed by atoms with van der Waals surface area (Å²) >= 11 is 0. The van der Waals surface area contributed by atoms with Crippen LogP contribution >= 0.6 is 0 Å². The van der Waals surface area contributed by atoms with Crippen molar-refractivity contribution in [2.45, 2.75) is 12.8 Å². The highest BCUT2D eigenvalue weighted by Gasteiger charge is 2.35. The van der Waals surface area contributed by atoms with E-state index in [0.717, 1.165) is 18.4 Å². The molecule has 0 amide bonds. The molecule has 0 saturated heterocycles. The van der Waals surface area contributed by atoms with Crippen molar-refractivity contribution in [3.05, 3.63) is 42.2 Å². The predicted octanol–water partition coefficient (Wildman–Crippen LogP) is 3.45. The van der Waals surface area contributed by atoms with Crippen LogP contribution in [0, 0.1) is 23.6 Å². The number of halogens is 1. The second-order valence-corrected chi connectivity index (χ2v) is 4.90. The van der Waals surface area contributed by atoms with Gasteiger partial charge in [-0.1, -0.05) is 24.3 Å². The molecule has 3 atom stereocenters. The van der Waals surface area contributed by atoms with Crippen molar-refractivity contribution in [2.75, 3.05) is 11.9 Å². The molecular formula is C14H16FN. The quantitative estimate of drug-likeness (QED) is 0.765. The first-order valence-electron chi connectivity index (χ1n) is 5.99. The molecule has 1 nitrogen and oxygen atoms in total. The number of para-hydroxylation sites is 1. The zero-order chi connectivity index (χ0) is 11.0. The molecule has 1 aromatic rings. The summed E-state index contributed by atoms with van der Waals surface area (Å²) in [4.78, 5) is 0. The van der Waals surface area contributed by atoms with Crippen LogP contribution in [0.2, 0.25) is 0 Å². The molecule has 84 valence electrons. The fourth-order valence-corrected chi connectivity index (χ4v) is 2.97. The fourth-order valence-electron chi connectivity index (χ4n) is 2.97. The zero-order valence-electron chi connectivity index (χ0n) is 9.20. The Morgan fingerprint density at radius 1 is 1.19 bits per heavy atom. The number of rotatable bonds is 3. The molecule has 2 aliphatic carbocycles. The van der Waals surface area contributed by atoms with Crippen LogP contribution in [0.1, 0.15) is 12.8 Å². The highest BCUT2D eigenvalue weighted by atomic mass is 19.1. The van der Waals surface area contributed by atoms with Gasteiger partial charge in [-0.25, -0.2) is 4.39 Å². The van der Waals surface area contributed by atoms with Gasteiger partial charge in [0.2, 0.25) is 0 Å². The van der Waals surface area contributed by atoms with Crippen molar-refractivity contribution in [2.24, 2.45) is 17.8 Å². The van der Waals surface area contributed by atoms with Gasteiger partial charge in [0.1, 0.15) is 5.82 Å². The van der Waals surface area contributed by atoms with Crippen LogP contribution in [0.3, 0.4) is 0 Å². The van der Waals surface area contributed by atoms with Gasteiger partial charge < -0.3 is 5.32 Å². The summed E-state index contributed by atoms with van der Waals surface area (Å²) in [7, 11) is 0. The Morgan fingerprint density at radius 2 is 2.06 bits per heavy atom. The molecule has 1 fully saturated rings. The number of hydrogen-bond donors (Lipinski definition) is 1. The molecular weight excluding hydrogens is 201 g/mol. The summed E-state index contributed by atoms with van der Waals surface area (Å²) in [6.07, 6.45) is 7.25. The molecule has 1 aromatic carbocycles. The van der Waals surface area contributed by atoms with Crippen LogP contribution in [-0.4, -0.2) is 6.54 Å². The van der Waals surface area contributed by atoms with Crippen molar-refractivity contribution in [3.63, 3.8) is 0 Å². The second kappa shape index (κ2) is 3.93. The Labute approximate surface area is 95.4 Å². The Balaban J connectivity index is 1.61. The third-order valence-electron chi connectivity index (χ3n) is 3.84. The van der Waals surface area contributed by atoms with Gasteiger partial charge in [-0.05, 0) is 42.7 Å². The van der Waals surface area contributed by atoms with Gasteiger partial charge in [0.05, 0.1) is 5.69 Å². The molecule has 1 N–H and O–H groups in total. The Hall–Kier alpha value is -1.31. The standard InChI is InChI=1S/C14H16FN/c15-13-3-1-2-4-14(13)16-9-12-8-10-5-6-11(12)7-10/h1-6,10-12,16H,7-9H2. The fraction of sp³-hybridized carbons (Fsp3) is 0.429. The number of hydrogen-bond acceptors (Lipinski definition) is 1. The first-order valence-corrected chi connectivity index (χ1v) is 5.99. The number of allylic oxidation sites excluding steroid dienone is 2. The maximum atomic E-state index is 13.4. The molecule has 3 rings (SSSR count). The third kappa shape index (κ3) is 1.73. The predicted molar refractivity (Wildman–Crippen MR) is 63.7 cm³/mol. The Morgan fingerprint density at radius 3 is 2.75 bits per heavy atom. The van der Waals surface area contributed by atoms with E-state index in [2.05, 4.69) is 17.5 Å². The zero-order valence-corrected chi connectivity index (χ0v) is 9.20. The van der Waals surface area contributed by atoms with Crippen molar-refractivity contribution in [1.82, 2.24) is 0 Å². The summed E-state index contributed by atoms with van der Waals surface area (Å²) in [5.41, 5.74) is 0.634. The van der Waals surface area contributed by atoms with Crippen LogP contribution in [-0.2, 0) is 0 Å². The summed E-state index contributed by atoms with van der Waals surface area (Å²) in [6.45, 7) is 0.895. The summed E-state index contributed by atoms with van der Waals surface area (Å²) in [5, 5.41) is 3.23. The van der Waals surface area contributed by atoms with Crippen LogP contribution < -0.4 is 5.32 Å². The van der Waals surface area contributed by atoms with Crippen molar-refractivity contribution >= 4 is 5.69 Å². The lowest BCUT2D eigenvalue weighted by Gasteiger charge is -2.19. The molecule has 0 aliphatic heterocycles. The average Bonchev–Trinajstić information content (AvgIpc) is 2.90. The van der Waals surface area contributed by atoms with Crippen LogP contribution in [0.5, 0.6) is 0 Å². The van der Waals surface area contributed by atoms with Gasteiger partial charge in [-0.2, -0.15) is 0 Å². The van der Waals surface area contributed by atoms with Crippen molar-refractivity contribution in [1.29, 1.82) is 0 Å². The highest BCUT2D eigenvalue weighted by Crippen LogP contribution is 2.43. The van der Waals surface area contributed by atoms with Gasteiger partial charge in [0, 0.05) is 6.54 Å². The highest BCUT2D eigenvalue weighted by molar-refractivity contribution is 5.44. The van der Waals surface area contributed by atoms with E-state index in [1.807, 2.05) is 6.07 Å². The van der Waals surface area contributed by atoms with Crippen LogP contribution in [0.15, 0.2) is 36.4 Å². The minimum atomic E-state index is -0.152. The molecule has 0 radical (unpaired) electrons. The number of fused-ring (bicyclic) bond motifs is 2. The lowest BCUT2D eigenvalue weighted by molar-refractivity contribution is 0.470. The van der Waals surface area contributed by atoms with Gasteiger partial charge in [-0.15, -0.1) is 0 Å². The van der Waals surface area contributed by atoms with Crippen LogP contribution in [0.25, 0.3) is 0 Å². The maximum Gasteiger partial charge on any atom is 0.146 e. The van der Waals surface area contributed by atoms with Gasteiger partial charge >= 0.3 is 0 Å². The average molecular weight is 217 g/mol. The smallest absolute Gasteiger partial charge is 0.146 e. The molecule has 3 unspecified atom stereocenters. The molecule has 2 aliphatic rings. The first kappa shape index (κ1) is 9.88. The van der Waals surface area contributed by atoms with E-state index < -0.39 is 0 Å². The SMILES string of the molecule is Fc1ccccc1NCC1CC2C=CC1C2. The van der Waals surface area contributed by atoms with Gasteiger partial charge in [-0.3, -0.25) is 0 Å². The van der Waals surface area contributed by atoms with Crippen LogP contribution in [0.4, 0.5) is 10.1 Å². The summed E-state index contributed by atoms with van der Waals surface area (Å²) in [5.74, 6) is 2.05. The topological polar surface area (TPSA) is 12.0 Å². The normalized spacial score (nSPS) is 30.9. The van der Waals surface area contributed by atoms with E-state index in [0.29, 0.717) is 11.6 Å². The number of anilines is 1. The van der Waals surface area contributed by atoms with E-state index in [-0.39, 0.29) is 5.82 Å². The molecule has 0 aromatic heterocycles. The van der Waals surface area contributed by atoms with Gasteiger partial charge in [0.25, 0.3) is 0 Å². The van der Waals surface area contributed by atoms with Gasteiger partial charge in [0.15, 0.2) is 0 Å². The number of benzene rings is 1. The summed E-state index contributed by atoms with van der Waals surface area (Å²) < 4.78 is 13.4. The lowest BCUT2D eigenvalue weighted by atomic mass is 9.93. The van der Waals surface area contributed by atoms with E-state index in [1.54, 1.807) is 12.1 Å². The molecule has 16 heavy (non-hydrogen) atoms. The lowest BCUT2D eigenvalue weighted by Crippen LogP contribution is -2.18. The van der Waals surface area contributed by atoms with Crippen molar-refractivity contribution in [3.8, 4) is 0 Å². The Bertz CT molecular complexity index is 413. The van der Waals surface area contributed by atoms with E-state index in [4.69, 9.17) is 0 Å². The maximum absolute atomic E-state index is 13.4. The van der Waals surface area contributed by atoms with E-state index in [1.165, 1.54) is 18.9 Å². The van der Waals surface area contributed by atoms with Crippen molar-refractivity contribution < 1.29 is 4.39 Å². The molecule has 0 spiro atoms. The molecule has 2 heteroatoms. The molecule has 2 bridgehead atoms. The third-order valence-corrected chi connectivity index (χ3v) is 3.84. The largest absolute Gasteiger partial charge is 0.382 e. The number of nitrogens with one attached hydrogen (secondary N) is 1. The molecule has 0 heterocycles. The summed E-state index contributed by atoms with van der Waals surface area (Å²) in [6, 6.07) is 6.90.